The SMILES string of the molecule is Cc1cccc(C)c1N1Cc2ccccc2C1=O. The van der Waals surface area contributed by atoms with E-state index in [1.807, 2.05) is 35.2 Å². The number of hydrogen-bond donors (Lipinski definition) is 0. The molecule has 0 atom stereocenters. The van der Waals surface area contributed by atoms with Gasteiger partial charge in [0.1, 0.15) is 0 Å². The number of hydrogen-bond acceptors (Lipinski definition) is 1. The van der Waals surface area contributed by atoms with E-state index in [9.17, 15) is 4.79 Å². The van der Waals surface area contributed by atoms with Crippen LogP contribution in [0.3, 0.4) is 0 Å². The molecule has 0 radical (unpaired) electrons. The molecule has 2 nitrogen and oxygen atoms in total. The van der Waals surface area contributed by atoms with Crippen LogP contribution < -0.4 is 4.90 Å². The number of carbonyl (C=O) groups excluding carboxylic acids is 1. The van der Waals surface area contributed by atoms with Gasteiger partial charge in [0.15, 0.2) is 0 Å². The molecule has 1 heterocycles. The van der Waals surface area contributed by atoms with E-state index in [0.29, 0.717) is 6.54 Å². The Balaban J connectivity index is 2.10. The lowest BCUT2D eigenvalue weighted by atomic mass is 10.1. The Hall–Kier alpha value is -2.09. The van der Waals surface area contributed by atoms with Crippen molar-refractivity contribution in [3.8, 4) is 0 Å². The highest BCUT2D eigenvalue weighted by Gasteiger charge is 2.29. The first kappa shape index (κ1) is 11.0. The maximum absolute atomic E-state index is 12.4. The third-order valence-electron chi connectivity index (χ3n) is 3.53. The number of benzene rings is 2. The van der Waals surface area contributed by atoms with E-state index >= 15 is 0 Å². The van der Waals surface area contributed by atoms with Crippen molar-refractivity contribution < 1.29 is 4.79 Å². The zero-order valence-electron chi connectivity index (χ0n) is 10.6. The average Bonchev–Trinajstić information content (AvgIpc) is 2.68. The van der Waals surface area contributed by atoms with Gasteiger partial charge in [0.05, 0.1) is 12.2 Å². The van der Waals surface area contributed by atoms with Crippen molar-refractivity contribution in [3.63, 3.8) is 0 Å². The summed E-state index contributed by atoms with van der Waals surface area (Å²) >= 11 is 0. The van der Waals surface area contributed by atoms with E-state index in [4.69, 9.17) is 0 Å². The molecule has 0 unspecified atom stereocenters. The van der Waals surface area contributed by atoms with Crippen LogP contribution in [0.2, 0.25) is 0 Å². The minimum atomic E-state index is 0.114. The average molecular weight is 237 g/mol. The van der Waals surface area contributed by atoms with Crippen LogP contribution in [0.4, 0.5) is 5.69 Å². The molecule has 0 aromatic heterocycles. The van der Waals surface area contributed by atoms with Gasteiger partial charge in [-0.05, 0) is 36.6 Å². The van der Waals surface area contributed by atoms with Crippen molar-refractivity contribution in [3.05, 3.63) is 64.7 Å². The van der Waals surface area contributed by atoms with Crippen LogP contribution in [0, 0.1) is 13.8 Å². The Morgan fingerprint density at radius 2 is 1.61 bits per heavy atom. The van der Waals surface area contributed by atoms with Crippen molar-refractivity contribution in [1.82, 2.24) is 0 Å². The molecule has 0 saturated heterocycles. The Labute approximate surface area is 107 Å². The predicted octanol–water partition coefficient (Wildman–Crippen LogP) is 3.46. The summed E-state index contributed by atoms with van der Waals surface area (Å²) in [4.78, 5) is 14.3. The summed E-state index contributed by atoms with van der Waals surface area (Å²) in [6.07, 6.45) is 0. The van der Waals surface area contributed by atoms with Crippen LogP contribution in [-0.4, -0.2) is 5.91 Å². The fourth-order valence-electron chi connectivity index (χ4n) is 2.67. The number of nitrogens with zero attached hydrogens (tertiary/aromatic N) is 1. The van der Waals surface area contributed by atoms with Gasteiger partial charge >= 0.3 is 0 Å². The fourth-order valence-corrected chi connectivity index (χ4v) is 2.67. The molecule has 0 aliphatic carbocycles. The molecule has 0 N–H and O–H groups in total. The van der Waals surface area contributed by atoms with Crippen molar-refractivity contribution in [2.75, 3.05) is 4.90 Å². The molecule has 2 aromatic carbocycles. The first-order valence-electron chi connectivity index (χ1n) is 6.14. The smallest absolute Gasteiger partial charge is 0.258 e. The highest BCUT2D eigenvalue weighted by Crippen LogP contribution is 2.32. The van der Waals surface area contributed by atoms with Crippen molar-refractivity contribution in [2.45, 2.75) is 20.4 Å². The summed E-state index contributed by atoms with van der Waals surface area (Å²) in [5, 5.41) is 0. The molecule has 2 heteroatoms. The number of fused-ring (bicyclic) bond motifs is 1. The summed E-state index contributed by atoms with van der Waals surface area (Å²) in [5.74, 6) is 0.114. The Morgan fingerprint density at radius 1 is 0.944 bits per heavy atom. The van der Waals surface area contributed by atoms with Crippen LogP contribution in [0.15, 0.2) is 42.5 Å². The molecule has 0 bridgehead atoms. The fraction of sp³-hybridized carbons (Fsp3) is 0.188. The number of carbonyl (C=O) groups is 1. The van der Waals surface area contributed by atoms with Gasteiger partial charge in [0, 0.05) is 5.56 Å². The lowest BCUT2D eigenvalue weighted by Gasteiger charge is -2.20. The first-order chi connectivity index (χ1) is 8.68. The van der Waals surface area contributed by atoms with E-state index in [1.165, 1.54) is 0 Å². The van der Waals surface area contributed by atoms with Gasteiger partial charge < -0.3 is 4.90 Å². The van der Waals surface area contributed by atoms with Gasteiger partial charge in [-0.2, -0.15) is 0 Å². The molecule has 1 amide bonds. The topological polar surface area (TPSA) is 20.3 Å². The van der Waals surface area contributed by atoms with Gasteiger partial charge in [-0.3, -0.25) is 4.79 Å². The summed E-state index contributed by atoms with van der Waals surface area (Å²) < 4.78 is 0. The third kappa shape index (κ3) is 1.53. The van der Waals surface area contributed by atoms with Gasteiger partial charge in [-0.25, -0.2) is 0 Å². The van der Waals surface area contributed by atoms with Crippen LogP contribution in [0.5, 0.6) is 0 Å². The second-order valence-electron chi connectivity index (χ2n) is 4.79. The lowest BCUT2D eigenvalue weighted by Crippen LogP contribution is -2.24. The first-order valence-corrected chi connectivity index (χ1v) is 6.14. The zero-order chi connectivity index (χ0) is 12.7. The van der Waals surface area contributed by atoms with E-state index in [0.717, 1.165) is 27.9 Å². The highest BCUT2D eigenvalue weighted by atomic mass is 16.2. The quantitative estimate of drug-likeness (QED) is 0.743. The van der Waals surface area contributed by atoms with Crippen molar-refractivity contribution in [1.29, 1.82) is 0 Å². The molecular weight excluding hydrogens is 222 g/mol. The van der Waals surface area contributed by atoms with E-state index in [2.05, 4.69) is 26.0 Å². The van der Waals surface area contributed by atoms with Crippen molar-refractivity contribution in [2.24, 2.45) is 0 Å². The van der Waals surface area contributed by atoms with Gasteiger partial charge in [-0.15, -0.1) is 0 Å². The van der Waals surface area contributed by atoms with Gasteiger partial charge in [0.2, 0.25) is 0 Å². The minimum Gasteiger partial charge on any atom is -0.303 e. The summed E-state index contributed by atoms with van der Waals surface area (Å²) in [6, 6.07) is 14.0. The maximum atomic E-state index is 12.4. The molecule has 3 rings (SSSR count). The van der Waals surface area contributed by atoms with Gasteiger partial charge in [-0.1, -0.05) is 36.4 Å². The predicted molar refractivity (Wildman–Crippen MR) is 72.9 cm³/mol. The monoisotopic (exact) mass is 237 g/mol. The number of rotatable bonds is 1. The minimum absolute atomic E-state index is 0.114. The summed E-state index contributed by atoms with van der Waals surface area (Å²) in [6.45, 7) is 4.79. The molecule has 0 fully saturated rings. The van der Waals surface area contributed by atoms with Gasteiger partial charge in [0.25, 0.3) is 5.91 Å². The largest absolute Gasteiger partial charge is 0.303 e. The second-order valence-corrected chi connectivity index (χ2v) is 4.79. The summed E-state index contributed by atoms with van der Waals surface area (Å²) in [5.41, 5.74) is 5.30. The van der Waals surface area contributed by atoms with Crippen molar-refractivity contribution >= 4 is 11.6 Å². The van der Waals surface area contributed by atoms with E-state index in [1.54, 1.807) is 0 Å². The molecule has 1 aliphatic rings. The molecule has 90 valence electrons. The van der Waals surface area contributed by atoms with E-state index < -0.39 is 0 Å². The van der Waals surface area contributed by atoms with E-state index in [-0.39, 0.29) is 5.91 Å². The summed E-state index contributed by atoms with van der Waals surface area (Å²) in [7, 11) is 0. The van der Waals surface area contributed by atoms with Crippen LogP contribution in [0.25, 0.3) is 0 Å². The highest BCUT2D eigenvalue weighted by molar-refractivity contribution is 6.10. The standard InChI is InChI=1S/C16H15NO/c1-11-6-5-7-12(2)15(11)17-10-13-8-3-4-9-14(13)16(17)18/h3-9H,10H2,1-2H3. The molecule has 1 aliphatic heterocycles. The third-order valence-corrected chi connectivity index (χ3v) is 3.53. The number of para-hydroxylation sites is 1. The van der Waals surface area contributed by atoms with Crippen LogP contribution in [0.1, 0.15) is 27.0 Å². The second kappa shape index (κ2) is 3.98. The Kier molecular flexibility index (Phi) is 2.44. The Morgan fingerprint density at radius 3 is 2.28 bits per heavy atom. The zero-order valence-corrected chi connectivity index (χ0v) is 10.6. The maximum Gasteiger partial charge on any atom is 0.258 e. The molecule has 18 heavy (non-hydrogen) atoms. The normalized spacial score (nSPS) is 13.9. The number of aryl methyl sites for hydroxylation is 2. The number of anilines is 1. The molecule has 0 spiro atoms. The molecular formula is C16H15NO. The molecule has 2 aromatic rings. The lowest BCUT2D eigenvalue weighted by molar-refractivity contribution is 0.0996. The molecule has 0 saturated carbocycles. The Bertz CT molecular complexity index is 610. The van der Waals surface area contributed by atoms with Crippen LogP contribution >= 0.6 is 0 Å². The number of amides is 1. The van der Waals surface area contributed by atoms with Crippen LogP contribution in [-0.2, 0) is 6.54 Å².